The zero-order valence-electron chi connectivity index (χ0n) is 12.2. The number of rotatable bonds is 7. The standard InChI is InChI=1S/C15H31NO/c1-5-16-15(10-11-17-12(2)3)14-8-6-13(4)7-9-14/h12-16H,5-11H2,1-4H3. The van der Waals surface area contributed by atoms with Gasteiger partial charge in [0.05, 0.1) is 6.10 Å². The Hall–Kier alpha value is -0.0800. The Kier molecular flexibility index (Phi) is 7.14. The van der Waals surface area contributed by atoms with Crippen LogP contribution in [0.4, 0.5) is 0 Å². The lowest BCUT2D eigenvalue weighted by Crippen LogP contribution is -2.39. The lowest BCUT2D eigenvalue weighted by atomic mass is 9.78. The summed E-state index contributed by atoms with van der Waals surface area (Å²) in [4.78, 5) is 0. The van der Waals surface area contributed by atoms with Crippen molar-refractivity contribution < 1.29 is 4.74 Å². The largest absolute Gasteiger partial charge is 0.379 e. The van der Waals surface area contributed by atoms with E-state index in [4.69, 9.17) is 4.74 Å². The third-order valence-corrected chi connectivity index (χ3v) is 3.98. The third kappa shape index (κ3) is 5.87. The van der Waals surface area contributed by atoms with Crippen LogP contribution in [-0.4, -0.2) is 25.3 Å². The molecule has 1 atom stereocenters. The van der Waals surface area contributed by atoms with Gasteiger partial charge < -0.3 is 10.1 Å². The van der Waals surface area contributed by atoms with E-state index in [-0.39, 0.29) is 0 Å². The van der Waals surface area contributed by atoms with Gasteiger partial charge in [-0.15, -0.1) is 0 Å². The molecule has 1 unspecified atom stereocenters. The van der Waals surface area contributed by atoms with Gasteiger partial charge in [-0.1, -0.05) is 26.7 Å². The first-order valence-electron chi connectivity index (χ1n) is 7.48. The van der Waals surface area contributed by atoms with Crippen LogP contribution in [0.2, 0.25) is 0 Å². The maximum atomic E-state index is 5.69. The van der Waals surface area contributed by atoms with Crippen LogP contribution in [0.1, 0.15) is 59.8 Å². The van der Waals surface area contributed by atoms with E-state index >= 15 is 0 Å². The number of nitrogens with one attached hydrogen (secondary N) is 1. The van der Waals surface area contributed by atoms with Crippen LogP contribution < -0.4 is 5.32 Å². The summed E-state index contributed by atoms with van der Waals surface area (Å²) in [5, 5.41) is 3.66. The highest BCUT2D eigenvalue weighted by Gasteiger charge is 2.25. The Morgan fingerprint density at radius 1 is 1.18 bits per heavy atom. The van der Waals surface area contributed by atoms with Gasteiger partial charge in [0.2, 0.25) is 0 Å². The molecule has 1 aliphatic rings. The summed E-state index contributed by atoms with van der Waals surface area (Å²) in [5.74, 6) is 1.82. The molecule has 0 amide bonds. The predicted octanol–water partition coefficient (Wildman–Crippen LogP) is 3.61. The van der Waals surface area contributed by atoms with Crippen molar-refractivity contribution in [1.82, 2.24) is 5.32 Å². The highest BCUT2D eigenvalue weighted by molar-refractivity contribution is 4.80. The van der Waals surface area contributed by atoms with Crippen LogP contribution in [0, 0.1) is 11.8 Å². The van der Waals surface area contributed by atoms with E-state index in [1.165, 1.54) is 32.1 Å². The normalized spacial score (nSPS) is 27.4. The van der Waals surface area contributed by atoms with E-state index in [9.17, 15) is 0 Å². The Balaban J connectivity index is 2.31. The Labute approximate surface area is 108 Å². The summed E-state index contributed by atoms with van der Waals surface area (Å²) in [5.41, 5.74) is 0. The van der Waals surface area contributed by atoms with Gasteiger partial charge in [0.25, 0.3) is 0 Å². The first kappa shape index (κ1) is 15.0. The van der Waals surface area contributed by atoms with Crippen molar-refractivity contribution >= 4 is 0 Å². The first-order valence-corrected chi connectivity index (χ1v) is 7.48. The van der Waals surface area contributed by atoms with Gasteiger partial charge in [-0.25, -0.2) is 0 Å². The molecular weight excluding hydrogens is 210 g/mol. The van der Waals surface area contributed by atoms with Gasteiger partial charge in [-0.2, -0.15) is 0 Å². The summed E-state index contributed by atoms with van der Waals surface area (Å²) in [6.45, 7) is 10.8. The Bertz CT molecular complexity index is 185. The van der Waals surface area contributed by atoms with Gasteiger partial charge >= 0.3 is 0 Å². The maximum absolute atomic E-state index is 5.69. The lowest BCUT2D eigenvalue weighted by Gasteiger charge is -2.33. The van der Waals surface area contributed by atoms with Crippen molar-refractivity contribution in [3.05, 3.63) is 0 Å². The second-order valence-electron chi connectivity index (χ2n) is 5.89. The monoisotopic (exact) mass is 241 g/mol. The van der Waals surface area contributed by atoms with Crippen molar-refractivity contribution in [3.8, 4) is 0 Å². The van der Waals surface area contributed by atoms with Gasteiger partial charge in [-0.3, -0.25) is 0 Å². The van der Waals surface area contributed by atoms with Gasteiger partial charge in [0, 0.05) is 12.6 Å². The molecular formula is C15H31NO. The van der Waals surface area contributed by atoms with Crippen LogP contribution in [-0.2, 0) is 4.74 Å². The fourth-order valence-electron chi connectivity index (χ4n) is 2.89. The maximum Gasteiger partial charge on any atom is 0.0518 e. The highest BCUT2D eigenvalue weighted by Crippen LogP contribution is 2.31. The van der Waals surface area contributed by atoms with Crippen LogP contribution >= 0.6 is 0 Å². The number of ether oxygens (including phenoxy) is 1. The topological polar surface area (TPSA) is 21.3 Å². The third-order valence-electron chi connectivity index (χ3n) is 3.98. The zero-order valence-corrected chi connectivity index (χ0v) is 12.2. The van der Waals surface area contributed by atoms with Gasteiger partial charge in [-0.05, 0) is 51.5 Å². The second kappa shape index (κ2) is 8.10. The molecule has 2 heteroatoms. The molecule has 1 N–H and O–H groups in total. The molecule has 102 valence electrons. The average molecular weight is 241 g/mol. The molecule has 2 nitrogen and oxygen atoms in total. The smallest absolute Gasteiger partial charge is 0.0518 e. The predicted molar refractivity (Wildman–Crippen MR) is 74.3 cm³/mol. The number of hydrogen-bond donors (Lipinski definition) is 1. The SMILES string of the molecule is CCNC(CCOC(C)C)C1CCC(C)CC1. The van der Waals surface area contributed by atoms with E-state index in [1.54, 1.807) is 0 Å². The van der Waals surface area contributed by atoms with Gasteiger partial charge in [0.15, 0.2) is 0 Å². The van der Waals surface area contributed by atoms with Crippen molar-refractivity contribution in [2.24, 2.45) is 11.8 Å². The van der Waals surface area contributed by atoms with Gasteiger partial charge in [0.1, 0.15) is 0 Å². The average Bonchev–Trinajstić information content (AvgIpc) is 2.29. The highest BCUT2D eigenvalue weighted by atomic mass is 16.5. The fourth-order valence-corrected chi connectivity index (χ4v) is 2.89. The van der Waals surface area contributed by atoms with E-state index in [2.05, 4.69) is 33.0 Å². The van der Waals surface area contributed by atoms with Crippen molar-refractivity contribution in [1.29, 1.82) is 0 Å². The lowest BCUT2D eigenvalue weighted by molar-refractivity contribution is 0.0641. The number of hydrogen-bond acceptors (Lipinski definition) is 2. The summed E-state index contributed by atoms with van der Waals surface area (Å²) in [6.07, 6.45) is 7.17. The second-order valence-corrected chi connectivity index (χ2v) is 5.89. The van der Waals surface area contributed by atoms with Crippen LogP contribution in [0.3, 0.4) is 0 Å². The molecule has 0 aromatic heterocycles. The van der Waals surface area contributed by atoms with E-state index in [1.807, 2.05) is 0 Å². The minimum Gasteiger partial charge on any atom is -0.379 e. The summed E-state index contributed by atoms with van der Waals surface area (Å²) in [6, 6.07) is 0.672. The molecule has 1 aliphatic carbocycles. The van der Waals surface area contributed by atoms with E-state index in [0.717, 1.165) is 25.0 Å². The molecule has 0 bridgehead atoms. The molecule has 0 aromatic carbocycles. The zero-order chi connectivity index (χ0) is 12.7. The molecule has 1 rings (SSSR count). The Morgan fingerprint density at radius 2 is 1.82 bits per heavy atom. The van der Waals surface area contributed by atoms with Crippen LogP contribution in [0.25, 0.3) is 0 Å². The molecule has 1 fully saturated rings. The van der Waals surface area contributed by atoms with E-state index < -0.39 is 0 Å². The van der Waals surface area contributed by atoms with E-state index in [0.29, 0.717) is 12.1 Å². The summed E-state index contributed by atoms with van der Waals surface area (Å²) in [7, 11) is 0. The molecule has 1 saturated carbocycles. The fraction of sp³-hybridized carbons (Fsp3) is 1.00. The molecule has 0 aliphatic heterocycles. The minimum atomic E-state index is 0.364. The van der Waals surface area contributed by atoms with Crippen molar-refractivity contribution in [2.45, 2.75) is 71.9 Å². The van der Waals surface area contributed by atoms with Crippen molar-refractivity contribution in [3.63, 3.8) is 0 Å². The molecule has 0 radical (unpaired) electrons. The Morgan fingerprint density at radius 3 is 2.35 bits per heavy atom. The summed E-state index contributed by atoms with van der Waals surface area (Å²) >= 11 is 0. The van der Waals surface area contributed by atoms with Crippen LogP contribution in [0.15, 0.2) is 0 Å². The molecule has 0 heterocycles. The molecule has 0 spiro atoms. The molecule has 0 aromatic rings. The summed E-state index contributed by atoms with van der Waals surface area (Å²) < 4.78 is 5.69. The first-order chi connectivity index (χ1) is 8.13. The van der Waals surface area contributed by atoms with Crippen molar-refractivity contribution in [2.75, 3.05) is 13.2 Å². The molecule has 0 saturated heterocycles. The van der Waals surface area contributed by atoms with Crippen LogP contribution in [0.5, 0.6) is 0 Å². The molecule has 17 heavy (non-hydrogen) atoms. The minimum absolute atomic E-state index is 0.364. The quantitative estimate of drug-likeness (QED) is 0.735.